The fraction of sp³-hybridized carbons (Fsp3) is 0.417. The average molecular weight is 379 g/mol. The van der Waals surface area contributed by atoms with Gasteiger partial charge in [-0.1, -0.05) is 28.8 Å². The van der Waals surface area contributed by atoms with Crippen LogP contribution in [0, 0.1) is 9.49 Å². The maximum absolute atomic E-state index is 12.2. The second-order valence-corrected chi connectivity index (χ2v) is 6.05. The third kappa shape index (κ3) is 2.61. The van der Waals surface area contributed by atoms with Gasteiger partial charge in [0.15, 0.2) is 5.78 Å². The van der Waals surface area contributed by atoms with E-state index >= 15 is 0 Å². The minimum atomic E-state index is 0.271. The number of hydrogen-bond acceptors (Lipinski definition) is 1. The number of hydrogen-bond donors (Lipinski definition) is 0. The van der Waals surface area contributed by atoms with Crippen LogP contribution in [-0.4, -0.2) is 5.78 Å². The van der Waals surface area contributed by atoms with Crippen molar-refractivity contribution >= 4 is 44.3 Å². The van der Waals surface area contributed by atoms with Gasteiger partial charge in [-0.3, -0.25) is 4.79 Å². The fourth-order valence-electron chi connectivity index (χ4n) is 2.09. The number of ketones is 1. The molecule has 15 heavy (non-hydrogen) atoms. The maximum Gasteiger partial charge on any atom is 0.167 e. The molecule has 80 valence electrons. The molecule has 0 aliphatic heterocycles. The van der Waals surface area contributed by atoms with Crippen molar-refractivity contribution in [3.63, 3.8) is 0 Å². The molecule has 3 heteroatoms. The number of rotatable bonds is 2. The summed E-state index contributed by atoms with van der Waals surface area (Å²) in [6.07, 6.45) is 4.56. The van der Waals surface area contributed by atoms with E-state index in [1.165, 1.54) is 12.8 Å². The Morgan fingerprint density at radius 2 is 2.00 bits per heavy atom. The van der Waals surface area contributed by atoms with Crippen molar-refractivity contribution in [2.75, 3.05) is 0 Å². The van der Waals surface area contributed by atoms with Crippen LogP contribution in [0.25, 0.3) is 0 Å². The molecule has 1 saturated carbocycles. The molecule has 1 nitrogen and oxygen atoms in total. The second kappa shape index (κ2) is 4.95. The van der Waals surface area contributed by atoms with Gasteiger partial charge >= 0.3 is 0 Å². The summed E-state index contributed by atoms with van der Waals surface area (Å²) in [7, 11) is 0. The van der Waals surface area contributed by atoms with Crippen molar-refractivity contribution in [1.29, 1.82) is 0 Å². The molecular formula is C12H12BrIO. The third-order valence-corrected chi connectivity index (χ3v) is 4.35. The molecule has 0 N–H and O–H groups in total. The molecule has 0 bridgehead atoms. The first-order chi connectivity index (χ1) is 7.18. The summed E-state index contributed by atoms with van der Waals surface area (Å²) in [6, 6.07) is 5.92. The number of halogens is 2. The molecule has 0 spiro atoms. The van der Waals surface area contributed by atoms with Crippen molar-refractivity contribution < 1.29 is 4.79 Å². The molecule has 0 unspecified atom stereocenters. The van der Waals surface area contributed by atoms with E-state index in [1.54, 1.807) is 0 Å². The van der Waals surface area contributed by atoms with Gasteiger partial charge in [-0.25, -0.2) is 0 Å². The summed E-state index contributed by atoms with van der Waals surface area (Å²) in [4.78, 5) is 12.2. The zero-order valence-corrected chi connectivity index (χ0v) is 12.0. The molecule has 1 aliphatic carbocycles. The number of benzene rings is 1. The van der Waals surface area contributed by atoms with E-state index < -0.39 is 0 Å². The Morgan fingerprint density at radius 3 is 2.67 bits per heavy atom. The monoisotopic (exact) mass is 378 g/mol. The van der Waals surface area contributed by atoms with E-state index in [4.69, 9.17) is 0 Å². The van der Waals surface area contributed by atoms with E-state index in [-0.39, 0.29) is 5.92 Å². The lowest BCUT2D eigenvalue weighted by Crippen LogP contribution is -2.12. The van der Waals surface area contributed by atoms with Gasteiger partial charge in [0.25, 0.3) is 0 Å². The highest BCUT2D eigenvalue weighted by Crippen LogP contribution is 2.30. The van der Waals surface area contributed by atoms with Crippen LogP contribution in [0.5, 0.6) is 0 Å². The molecule has 0 saturated heterocycles. The van der Waals surface area contributed by atoms with Crippen molar-refractivity contribution in [1.82, 2.24) is 0 Å². The van der Waals surface area contributed by atoms with Gasteiger partial charge in [0, 0.05) is 19.5 Å². The van der Waals surface area contributed by atoms with Crippen molar-refractivity contribution in [3.05, 3.63) is 31.8 Å². The Bertz CT molecular complexity index is 383. The maximum atomic E-state index is 12.2. The minimum Gasteiger partial charge on any atom is -0.294 e. The molecular weight excluding hydrogens is 367 g/mol. The SMILES string of the molecule is O=C(c1cc(Br)ccc1I)C1CCCC1. The molecule has 1 aromatic carbocycles. The lowest BCUT2D eigenvalue weighted by molar-refractivity contribution is 0.0922. The smallest absolute Gasteiger partial charge is 0.167 e. The molecule has 0 radical (unpaired) electrons. The zero-order chi connectivity index (χ0) is 10.8. The summed E-state index contributed by atoms with van der Waals surface area (Å²) in [5.74, 6) is 0.603. The van der Waals surface area contributed by atoms with Gasteiger partial charge in [0.2, 0.25) is 0 Å². The lowest BCUT2D eigenvalue weighted by Gasteiger charge is -2.09. The number of carbonyl (C=O) groups excluding carboxylic acids is 1. The predicted octanol–water partition coefficient (Wildman–Crippen LogP) is 4.43. The third-order valence-electron chi connectivity index (χ3n) is 2.92. The van der Waals surface area contributed by atoms with E-state index in [9.17, 15) is 4.79 Å². The van der Waals surface area contributed by atoms with E-state index in [0.717, 1.165) is 26.4 Å². The summed E-state index contributed by atoms with van der Waals surface area (Å²) in [5.41, 5.74) is 0.886. The second-order valence-electron chi connectivity index (χ2n) is 3.97. The van der Waals surface area contributed by atoms with E-state index in [1.807, 2.05) is 18.2 Å². The Kier molecular flexibility index (Phi) is 3.83. The number of carbonyl (C=O) groups is 1. The summed E-state index contributed by atoms with van der Waals surface area (Å²) >= 11 is 5.65. The molecule has 0 amide bonds. The van der Waals surface area contributed by atoms with Crippen LogP contribution < -0.4 is 0 Å². The highest BCUT2D eigenvalue weighted by molar-refractivity contribution is 14.1. The van der Waals surface area contributed by atoms with E-state index in [2.05, 4.69) is 38.5 Å². The van der Waals surface area contributed by atoms with Crippen molar-refractivity contribution in [2.45, 2.75) is 25.7 Å². The first-order valence-corrected chi connectivity index (χ1v) is 7.05. The molecule has 0 aromatic heterocycles. The Balaban J connectivity index is 2.27. The molecule has 1 aliphatic rings. The van der Waals surface area contributed by atoms with Gasteiger partial charge in [0.1, 0.15) is 0 Å². The Labute approximate surface area is 112 Å². The van der Waals surface area contributed by atoms with Crippen LogP contribution in [0.15, 0.2) is 22.7 Å². The first kappa shape index (κ1) is 11.6. The molecule has 0 atom stereocenters. The lowest BCUT2D eigenvalue weighted by atomic mass is 9.96. The number of Topliss-reactive ketones (excluding diaryl/α,β-unsaturated/α-hetero) is 1. The minimum absolute atomic E-state index is 0.271. The quantitative estimate of drug-likeness (QED) is 0.549. The van der Waals surface area contributed by atoms with Crippen LogP contribution in [-0.2, 0) is 0 Å². The van der Waals surface area contributed by atoms with Crippen LogP contribution in [0.1, 0.15) is 36.0 Å². The van der Waals surface area contributed by atoms with Gasteiger partial charge in [-0.05, 0) is 53.6 Å². The first-order valence-electron chi connectivity index (χ1n) is 5.18. The summed E-state index contributed by atoms with van der Waals surface area (Å²) in [6.45, 7) is 0. The van der Waals surface area contributed by atoms with Crippen molar-refractivity contribution in [2.24, 2.45) is 5.92 Å². The van der Waals surface area contributed by atoms with Gasteiger partial charge in [0.05, 0.1) is 0 Å². The highest BCUT2D eigenvalue weighted by atomic mass is 127. The summed E-state index contributed by atoms with van der Waals surface area (Å²) < 4.78 is 2.05. The van der Waals surface area contributed by atoms with Crippen LogP contribution in [0.3, 0.4) is 0 Å². The fourth-order valence-corrected chi connectivity index (χ4v) is 3.06. The predicted molar refractivity (Wildman–Crippen MR) is 73.1 cm³/mol. The standard InChI is InChI=1S/C12H12BrIO/c13-9-5-6-11(14)10(7-9)12(15)8-3-1-2-4-8/h5-8H,1-4H2. The summed E-state index contributed by atoms with van der Waals surface area (Å²) in [5, 5.41) is 0. The van der Waals surface area contributed by atoms with Crippen LogP contribution >= 0.6 is 38.5 Å². The average Bonchev–Trinajstić information content (AvgIpc) is 2.74. The van der Waals surface area contributed by atoms with Crippen molar-refractivity contribution in [3.8, 4) is 0 Å². The highest BCUT2D eigenvalue weighted by Gasteiger charge is 2.25. The normalized spacial score (nSPS) is 16.9. The topological polar surface area (TPSA) is 17.1 Å². The molecule has 0 heterocycles. The zero-order valence-electron chi connectivity index (χ0n) is 8.30. The largest absolute Gasteiger partial charge is 0.294 e. The van der Waals surface area contributed by atoms with Gasteiger partial charge in [-0.2, -0.15) is 0 Å². The van der Waals surface area contributed by atoms with Gasteiger partial charge in [-0.15, -0.1) is 0 Å². The van der Waals surface area contributed by atoms with Crippen LogP contribution in [0.4, 0.5) is 0 Å². The Hall–Kier alpha value is 0.1000. The molecule has 1 aromatic rings. The Morgan fingerprint density at radius 1 is 1.33 bits per heavy atom. The van der Waals surface area contributed by atoms with Crippen LogP contribution in [0.2, 0.25) is 0 Å². The molecule has 1 fully saturated rings. The van der Waals surface area contributed by atoms with E-state index in [0.29, 0.717) is 5.78 Å². The van der Waals surface area contributed by atoms with Gasteiger partial charge < -0.3 is 0 Å². The molecule has 2 rings (SSSR count).